The van der Waals surface area contributed by atoms with Crippen molar-refractivity contribution in [2.24, 2.45) is 0 Å². The molecule has 0 radical (unpaired) electrons. The number of carbonyl (C=O) groups is 1. The molecule has 2 rings (SSSR count). The number of carbonyl (C=O) groups excluding carboxylic acids is 1. The molecule has 0 spiro atoms. The Morgan fingerprint density at radius 3 is 2.90 bits per heavy atom. The first-order chi connectivity index (χ1) is 9.75. The summed E-state index contributed by atoms with van der Waals surface area (Å²) in [5.41, 5.74) is 0. The molecule has 0 unspecified atom stereocenters. The van der Waals surface area contributed by atoms with Crippen LogP contribution in [0.1, 0.15) is 5.76 Å². The normalized spacial score (nSPS) is 10.7. The predicted octanol–water partition coefficient (Wildman–Crippen LogP) is 3.14. The van der Waals surface area contributed by atoms with E-state index in [1.165, 1.54) is 6.08 Å². The van der Waals surface area contributed by atoms with Gasteiger partial charge in [-0.05, 0) is 30.3 Å². The van der Waals surface area contributed by atoms with Crippen LogP contribution < -0.4 is 10.1 Å². The van der Waals surface area contributed by atoms with Gasteiger partial charge in [0.25, 0.3) is 0 Å². The lowest BCUT2D eigenvalue weighted by molar-refractivity contribution is -0.116. The van der Waals surface area contributed by atoms with Crippen LogP contribution in [0.25, 0.3) is 6.08 Å². The second-order valence-corrected chi connectivity index (χ2v) is 4.33. The Balaban J connectivity index is 1.68. The van der Waals surface area contributed by atoms with Gasteiger partial charge in [0.1, 0.15) is 18.1 Å². The monoisotopic (exact) mass is 291 g/mol. The summed E-state index contributed by atoms with van der Waals surface area (Å²) in [6, 6.07) is 10.7. The van der Waals surface area contributed by atoms with Crippen molar-refractivity contribution in [3.05, 3.63) is 59.5 Å². The second-order valence-electron chi connectivity index (χ2n) is 3.92. The zero-order valence-corrected chi connectivity index (χ0v) is 11.5. The highest BCUT2D eigenvalue weighted by Crippen LogP contribution is 2.22. The highest BCUT2D eigenvalue weighted by atomic mass is 35.5. The number of nitrogens with one attached hydrogen (secondary N) is 1. The number of benzene rings is 1. The lowest BCUT2D eigenvalue weighted by atomic mass is 10.3. The van der Waals surface area contributed by atoms with Gasteiger partial charge in [0.15, 0.2) is 0 Å². The number of hydrogen-bond acceptors (Lipinski definition) is 3. The maximum Gasteiger partial charge on any atom is 0.244 e. The molecule has 1 amide bonds. The fraction of sp³-hybridized carbons (Fsp3) is 0.133. The fourth-order valence-electron chi connectivity index (χ4n) is 1.50. The van der Waals surface area contributed by atoms with E-state index in [2.05, 4.69) is 5.32 Å². The molecule has 0 saturated carbocycles. The molecule has 0 saturated heterocycles. The first kappa shape index (κ1) is 14.2. The Hall–Kier alpha value is -2.20. The van der Waals surface area contributed by atoms with Gasteiger partial charge in [0, 0.05) is 6.08 Å². The van der Waals surface area contributed by atoms with Crippen LogP contribution in [0.3, 0.4) is 0 Å². The molecule has 0 aliphatic heterocycles. The SMILES string of the molecule is O=C(/C=C/c1ccco1)NCCOc1ccccc1Cl. The van der Waals surface area contributed by atoms with Crippen LogP contribution >= 0.6 is 11.6 Å². The molecule has 104 valence electrons. The minimum Gasteiger partial charge on any atom is -0.490 e. The quantitative estimate of drug-likeness (QED) is 0.657. The van der Waals surface area contributed by atoms with Gasteiger partial charge in [0.05, 0.1) is 17.8 Å². The lowest BCUT2D eigenvalue weighted by Crippen LogP contribution is -2.26. The van der Waals surface area contributed by atoms with E-state index < -0.39 is 0 Å². The van der Waals surface area contributed by atoms with Gasteiger partial charge in [-0.3, -0.25) is 4.79 Å². The standard InChI is InChI=1S/C15H14ClNO3/c16-13-5-1-2-6-14(13)20-11-9-17-15(18)8-7-12-4-3-10-19-12/h1-8,10H,9,11H2,(H,17,18)/b8-7+. The van der Waals surface area contributed by atoms with E-state index in [4.69, 9.17) is 20.8 Å². The van der Waals surface area contributed by atoms with Crippen molar-refractivity contribution in [3.8, 4) is 5.75 Å². The van der Waals surface area contributed by atoms with Gasteiger partial charge in [-0.15, -0.1) is 0 Å². The van der Waals surface area contributed by atoms with Crippen molar-refractivity contribution >= 4 is 23.6 Å². The molecule has 0 fully saturated rings. The third-order valence-electron chi connectivity index (χ3n) is 2.44. The molecular formula is C15H14ClNO3. The summed E-state index contributed by atoms with van der Waals surface area (Å²) in [6.45, 7) is 0.747. The van der Waals surface area contributed by atoms with Crippen LogP contribution in [-0.2, 0) is 4.79 Å². The molecule has 0 aliphatic rings. The predicted molar refractivity (Wildman–Crippen MR) is 77.7 cm³/mol. The number of ether oxygens (including phenoxy) is 1. The summed E-state index contributed by atoms with van der Waals surface area (Å²) in [4.78, 5) is 11.5. The van der Waals surface area contributed by atoms with E-state index >= 15 is 0 Å². The fourth-order valence-corrected chi connectivity index (χ4v) is 1.69. The van der Waals surface area contributed by atoms with Gasteiger partial charge < -0.3 is 14.5 Å². The Morgan fingerprint density at radius 1 is 1.30 bits per heavy atom. The van der Waals surface area contributed by atoms with Crippen LogP contribution in [0.5, 0.6) is 5.75 Å². The average Bonchev–Trinajstić information content (AvgIpc) is 2.96. The van der Waals surface area contributed by atoms with Crippen LogP contribution in [0.2, 0.25) is 5.02 Å². The molecule has 0 aliphatic carbocycles. The summed E-state index contributed by atoms with van der Waals surface area (Å²) in [6.07, 6.45) is 4.56. The molecule has 0 bridgehead atoms. The summed E-state index contributed by atoms with van der Waals surface area (Å²) in [5.74, 6) is 1.03. The van der Waals surface area contributed by atoms with Crippen molar-refractivity contribution in [2.45, 2.75) is 0 Å². The van der Waals surface area contributed by atoms with Crippen LogP contribution in [0.15, 0.2) is 53.2 Å². The first-order valence-corrected chi connectivity index (χ1v) is 6.50. The van der Waals surface area contributed by atoms with Crippen molar-refractivity contribution in [2.75, 3.05) is 13.2 Å². The Bertz CT molecular complexity index is 579. The largest absolute Gasteiger partial charge is 0.490 e. The lowest BCUT2D eigenvalue weighted by Gasteiger charge is -2.07. The van der Waals surface area contributed by atoms with Crippen molar-refractivity contribution in [1.82, 2.24) is 5.32 Å². The van der Waals surface area contributed by atoms with Gasteiger partial charge in [-0.25, -0.2) is 0 Å². The van der Waals surface area contributed by atoms with Gasteiger partial charge >= 0.3 is 0 Å². The molecule has 20 heavy (non-hydrogen) atoms. The third-order valence-corrected chi connectivity index (χ3v) is 2.75. The van der Waals surface area contributed by atoms with E-state index in [1.807, 2.05) is 12.1 Å². The Kier molecular flexibility index (Phi) is 5.26. The number of rotatable bonds is 6. The summed E-state index contributed by atoms with van der Waals surface area (Å²) < 4.78 is 10.5. The third kappa shape index (κ3) is 4.48. The average molecular weight is 292 g/mol. The maximum absolute atomic E-state index is 11.5. The Labute approximate surface area is 122 Å². The van der Waals surface area contributed by atoms with E-state index in [1.54, 1.807) is 36.6 Å². The highest BCUT2D eigenvalue weighted by molar-refractivity contribution is 6.32. The van der Waals surface area contributed by atoms with Crippen molar-refractivity contribution in [3.63, 3.8) is 0 Å². The van der Waals surface area contributed by atoms with E-state index in [0.717, 1.165) is 0 Å². The zero-order valence-electron chi connectivity index (χ0n) is 10.7. The Morgan fingerprint density at radius 2 is 2.15 bits per heavy atom. The molecule has 0 atom stereocenters. The van der Waals surface area contributed by atoms with Crippen molar-refractivity contribution < 1.29 is 13.9 Å². The van der Waals surface area contributed by atoms with Crippen LogP contribution in [0, 0.1) is 0 Å². The molecule has 2 aromatic rings. The molecule has 4 nitrogen and oxygen atoms in total. The molecule has 5 heteroatoms. The van der Waals surface area contributed by atoms with Crippen LogP contribution in [-0.4, -0.2) is 19.1 Å². The number of hydrogen-bond donors (Lipinski definition) is 1. The number of furan rings is 1. The van der Waals surface area contributed by atoms with E-state index in [9.17, 15) is 4.79 Å². The number of para-hydroxylation sites is 1. The molecule has 1 N–H and O–H groups in total. The van der Waals surface area contributed by atoms with Gasteiger partial charge in [0.2, 0.25) is 5.91 Å². The topological polar surface area (TPSA) is 51.5 Å². The second kappa shape index (κ2) is 7.40. The maximum atomic E-state index is 11.5. The highest BCUT2D eigenvalue weighted by Gasteiger charge is 2.00. The molecule has 1 aromatic carbocycles. The smallest absolute Gasteiger partial charge is 0.244 e. The molecule has 1 aromatic heterocycles. The van der Waals surface area contributed by atoms with Crippen molar-refractivity contribution in [1.29, 1.82) is 0 Å². The number of amides is 1. The van der Waals surface area contributed by atoms with E-state index in [0.29, 0.717) is 29.7 Å². The van der Waals surface area contributed by atoms with Gasteiger partial charge in [-0.1, -0.05) is 23.7 Å². The zero-order chi connectivity index (χ0) is 14.2. The van der Waals surface area contributed by atoms with Crippen LogP contribution in [0.4, 0.5) is 0 Å². The molecule has 1 heterocycles. The minimum atomic E-state index is -0.204. The first-order valence-electron chi connectivity index (χ1n) is 6.12. The summed E-state index contributed by atoms with van der Waals surface area (Å²) >= 11 is 5.94. The van der Waals surface area contributed by atoms with E-state index in [-0.39, 0.29) is 5.91 Å². The minimum absolute atomic E-state index is 0.204. The summed E-state index contributed by atoms with van der Waals surface area (Å²) in [5, 5.41) is 3.25. The molecular weight excluding hydrogens is 278 g/mol. The number of halogens is 1. The summed E-state index contributed by atoms with van der Waals surface area (Å²) in [7, 11) is 0. The van der Waals surface area contributed by atoms with Gasteiger partial charge in [-0.2, -0.15) is 0 Å².